The Morgan fingerprint density at radius 3 is 1.33 bits per heavy atom. The Morgan fingerprint density at radius 2 is 1.33 bits per heavy atom. The minimum absolute atomic E-state index is 0.224. The fourth-order valence-electron chi connectivity index (χ4n) is 1.33. The predicted molar refractivity (Wildman–Crippen MR) is 37.0 cm³/mol. The van der Waals surface area contributed by atoms with Gasteiger partial charge in [-0.3, -0.25) is 0 Å². The van der Waals surface area contributed by atoms with Crippen LogP contribution in [0.15, 0.2) is 0 Å². The molecule has 1 fully saturated rings. The normalized spacial score (nSPS) is 30.3. The van der Waals surface area contributed by atoms with Gasteiger partial charge in [0.15, 0.2) is 0 Å². The zero-order valence-corrected chi connectivity index (χ0v) is 6.86. The van der Waals surface area contributed by atoms with E-state index in [1.54, 1.807) is 7.11 Å². The van der Waals surface area contributed by atoms with E-state index in [4.69, 9.17) is 4.84 Å². The Morgan fingerprint density at radius 1 is 1.00 bits per heavy atom. The third kappa shape index (κ3) is 0.634. The number of nitrogens with zero attached hydrogens (tertiary/aromatic N) is 1. The van der Waals surface area contributed by atoms with E-state index in [-0.39, 0.29) is 11.1 Å². The number of hydroxylamine groups is 2. The lowest BCUT2D eigenvalue weighted by atomic mass is 10.0. The first-order valence-corrected chi connectivity index (χ1v) is 3.29. The Kier molecular flexibility index (Phi) is 1.17. The monoisotopic (exact) mass is 129 g/mol. The summed E-state index contributed by atoms with van der Waals surface area (Å²) in [6, 6.07) is 0. The Bertz CT molecular complexity index is 115. The minimum atomic E-state index is 0.224. The maximum atomic E-state index is 5.12. The minimum Gasteiger partial charge on any atom is -0.301 e. The van der Waals surface area contributed by atoms with Crippen molar-refractivity contribution >= 4 is 0 Å². The Labute approximate surface area is 56.8 Å². The zero-order valence-electron chi connectivity index (χ0n) is 6.86. The van der Waals surface area contributed by atoms with E-state index in [0.717, 1.165) is 0 Å². The van der Waals surface area contributed by atoms with Crippen molar-refractivity contribution < 1.29 is 4.84 Å². The SMILES string of the molecule is CON1C(C)(C)C1(C)C. The van der Waals surface area contributed by atoms with Gasteiger partial charge in [0.2, 0.25) is 0 Å². The van der Waals surface area contributed by atoms with Crippen LogP contribution in [0.4, 0.5) is 0 Å². The molecule has 0 aromatic rings. The van der Waals surface area contributed by atoms with Gasteiger partial charge < -0.3 is 4.84 Å². The molecule has 54 valence electrons. The van der Waals surface area contributed by atoms with Gasteiger partial charge in [-0.25, -0.2) is 0 Å². The molecule has 9 heavy (non-hydrogen) atoms. The maximum Gasteiger partial charge on any atom is 0.0614 e. The van der Waals surface area contributed by atoms with Crippen LogP contribution in [0, 0.1) is 0 Å². The third-order valence-electron chi connectivity index (χ3n) is 2.65. The van der Waals surface area contributed by atoms with E-state index >= 15 is 0 Å². The van der Waals surface area contributed by atoms with Crippen LogP contribution in [-0.2, 0) is 4.84 Å². The molecular weight excluding hydrogens is 114 g/mol. The van der Waals surface area contributed by atoms with Crippen molar-refractivity contribution in [2.45, 2.75) is 38.8 Å². The van der Waals surface area contributed by atoms with E-state index in [9.17, 15) is 0 Å². The molecule has 0 bridgehead atoms. The van der Waals surface area contributed by atoms with Gasteiger partial charge in [-0.2, -0.15) is 5.06 Å². The lowest BCUT2D eigenvalue weighted by Crippen LogP contribution is -2.10. The molecule has 1 heterocycles. The molecule has 1 aliphatic heterocycles. The van der Waals surface area contributed by atoms with E-state index in [1.165, 1.54) is 0 Å². The molecule has 0 spiro atoms. The average Bonchev–Trinajstić information content (AvgIpc) is 2.00. The lowest BCUT2D eigenvalue weighted by Gasteiger charge is -1.99. The first-order valence-electron chi connectivity index (χ1n) is 3.29. The molecule has 0 N–H and O–H groups in total. The Balaban J connectivity index is 2.66. The second-order valence-electron chi connectivity index (χ2n) is 3.59. The van der Waals surface area contributed by atoms with Crippen LogP contribution in [0.2, 0.25) is 0 Å². The molecule has 0 aromatic carbocycles. The quantitative estimate of drug-likeness (QED) is 0.496. The predicted octanol–water partition coefficient (Wildman–Crippen LogP) is 1.42. The highest BCUT2D eigenvalue weighted by molar-refractivity contribution is 5.15. The first-order chi connectivity index (χ1) is 3.94. The van der Waals surface area contributed by atoms with E-state index < -0.39 is 0 Å². The molecule has 0 unspecified atom stereocenters. The topological polar surface area (TPSA) is 12.2 Å². The smallest absolute Gasteiger partial charge is 0.0614 e. The molecule has 0 amide bonds. The zero-order chi connectivity index (χ0) is 7.28. The molecule has 2 nitrogen and oxygen atoms in total. The summed E-state index contributed by atoms with van der Waals surface area (Å²) in [6.07, 6.45) is 0. The summed E-state index contributed by atoms with van der Waals surface area (Å²) in [5, 5.41) is 2.00. The number of rotatable bonds is 1. The van der Waals surface area contributed by atoms with Crippen LogP contribution in [-0.4, -0.2) is 23.3 Å². The molecule has 0 aromatic heterocycles. The van der Waals surface area contributed by atoms with E-state index in [2.05, 4.69) is 27.7 Å². The molecule has 0 aliphatic carbocycles. The van der Waals surface area contributed by atoms with E-state index in [1.807, 2.05) is 5.06 Å². The van der Waals surface area contributed by atoms with Crippen molar-refractivity contribution in [2.75, 3.05) is 7.11 Å². The molecular formula is C7H15NO. The van der Waals surface area contributed by atoms with Gasteiger partial charge in [-0.1, -0.05) is 0 Å². The molecule has 0 saturated carbocycles. The largest absolute Gasteiger partial charge is 0.301 e. The van der Waals surface area contributed by atoms with Crippen molar-refractivity contribution in [1.82, 2.24) is 5.06 Å². The summed E-state index contributed by atoms with van der Waals surface area (Å²) in [5.74, 6) is 0. The summed E-state index contributed by atoms with van der Waals surface area (Å²) in [4.78, 5) is 5.12. The van der Waals surface area contributed by atoms with Gasteiger partial charge in [0.05, 0.1) is 18.2 Å². The van der Waals surface area contributed by atoms with Gasteiger partial charge >= 0.3 is 0 Å². The van der Waals surface area contributed by atoms with Crippen LogP contribution in [0.5, 0.6) is 0 Å². The Hall–Kier alpha value is -0.0800. The van der Waals surface area contributed by atoms with Crippen LogP contribution in [0.25, 0.3) is 0 Å². The second-order valence-corrected chi connectivity index (χ2v) is 3.59. The van der Waals surface area contributed by atoms with Gasteiger partial charge in [0.25, 0.3) is 0 Å². The number of hydrogen-bond donors (Lipinski definition) is 0. The fraction of sp³-hybridized carbons (Fsp3) is 1.00. The third-order valence-corrected chi connectivity index (χ3v) is 2.65. The summed E-state index contributed by atoms with van der Waals surface area (Å²) in [6.45, 7) is 8.71. The maximum absolute atomic E-state index is 5.12. The summed E-state index contributed by atoms with van der Waals surface area (Å²) >= 11 is 0. The second kappa shape index (κ2) is 1.50. The molecule has 0 radical (unpaired) electrons. The highest BCUT2D eigenvalue weighted by Gasteiger charge is 2.64. The van der Waals surface area contributed by atoms with Crippen LogP contribution < -0.4 is 0 Å². The molecule has 2 heteroatoms. The first kappa shape index (κ1) is 7.03. The van der Waals surface area contributed by atoms with Gasteiger partial charge in [0.1, 0.15) is 0 Å². The highest BCUT2D eigenvalue weighted by Crippen LogP contribution is 2.50. The van der Waals surface area contributed by atoms with Crippen molar-refractivity contribution in [3.05, 3.63) is 0 Å². The summed E-state index contributed by atoms with van der Waals surface area (Å²) < 4.78 is 0. The van der Waals surface area contributed by atoms with Gasteiger partial charge in [-0.15, -0.1) is 0 Å². The molecule has 1 rings (SSSR count). The van der Waals surface area contributed by atoms with Crippen molar-refractivity contribution in [1.29, 1.82) is 0 Å². The lowest BCUT2D eigenvalue weighted by molar-refractivity contribution is -0.0697. The number of hydrogen-bond acceptors (Lipinski definition) is 2. The molecule has 1 aliphatic rings. The summed E-state index contributed by atoms with van der Waals surface area (Å²) in [5.41, 5.74) is 0.448. The van der Waals surface area contributed by atoms with Gasteiger partial charge in [-0.05, 0) is 27.7 Å². The van der Waals surface area contributed by atoms with Gasteiger partial charge in [0, 0.05) is 0 Å². The fourth-order valence-corrected chi connectivity index (χ4v) is 1.33. The van der Waals surface area contributed by atoms with Crippen molar-refractivity contribution in [3.63, 3.8) is 0 Å². The van der Waals surface area contributed by atoms with E-state index in [0.29, 0.717) is 0 Å². The molecule has 0 atom stereocenters. The highest BCUT2D eigenvalue weighted by atomic mass is 16.7. The van der Waals surface area contributed by atoms with Crippen LogP contribution in [0.3, 0.4) is 0 Å². The van der Waals surface area contributed by atoms with Crippen LogP contribution in [0.1, 0.15) is 27.7 Å². The van der Waals surface area contributed by atoms with Crippen molar-refractivity contribution in [3.8, 4) is 0 Å². The summed E-state index contributed by atoms with van der Waals surface area (Å²) in [7, 11) is 1.72. The molecule has 1 saturated heterocycles. The van der Waals surface area contributed by atoms with Crippen molar-refractivity contribution in [2.24, 2.45) is 0 Å². The average molecular weight is 129 g/mol. The standard InChI is InChI=1S/C7H15NO/c1-6(2)7(3,4)8(6)9-5/h1-5H3. The van der Waals surface area contributed by atoms with Crippen LogP contribution >= 0.6 is 0 Å².